The van der Waals surface area contributed by atoms with Crippen molar-refractivity contribution in [3.8, 4) is 16.8 Å². The Kier molecular flexibility index (Phi) is 6.73. The fourth-order valence-corrected chi connectivity index (χ4v) is 5.06. The van der Waals surface area contributed by atoms with Gasteiger partial charge in [0.15, 0.2) is 11.3 Å². The molecule has 7 nitrogen and oxygen atoms in total. The second-order valence-electron chi connectivity index (χ2n) is 10.5. The third-order valence-corrected chi connectivity index (χ3v) is 7.07. The molecule has 2 aromatic heterocycles. The number of rotatable bonds is 5. The third-order valence-electron chi connectivity index (χ3n) is 7.07. The number of pyridine rings is 1. The number of ether oxygens (including phenoxy) is 1. The summed E-state index contributed by atoms with van der Waals surface area (Å²) in [6, 6.07) is 20.3. The number of benzene rings is 2. The number of carbonyl (C=O) groups is 1. The maximum atomic E-state index is 12.8. The average Bonchev–Trinajstić information content (AvgIpc) is 3.25. The number of anilines is 1. The predicted molar refractivity (Wildman–Crippen MR) is 149 cm³/mol. The van der Waals surface area contributed by atoms with Crippen LogP contribution in [0.1, 0.15) is 43.9 Å². The number of fused-ring (bicyclic) bond motifs is 1. The molecule has 0 N–H and O–H groups in total. The standard InChI is InChI=1S/C30H35N5O2/c1-6-37-29(36)26-20-25(27-21(2)32-35(28(27)31-26)24-10-8-7-9-11-24)22-12-14-23(15-13-22)33-16-18-34(19-17-33)30(3,4)5/h7-15,20H,6,16-19H2,1-5H3. The number of aryl methyl sites for hydroxylation is 1. The van der Waals surface area contributed by atoms with Gasteiger partial charge >= 0.3 is 5.97 Å². The number of para-hydroxylation sites is 1. The van der Waals surface area contributed by atoms with Crippen molar-refractivity contribution >= 4 is 22.7 Å². The van der Waals surface area contributed by atoms with Gasteiger partial charge in [-0.05, 0) is 76.1 Å². The summed E-state index contributed by atoms with van der Waals surface area (Å²) < 4.78 is 7.11. The number of aromatic nitrogens is 3. The first-order chi connectivity index (χ1) is 17.8. The molecular formula is C30H35N5O2. The normalized spacial score (nSPS) is 14.8. The average molecular weight is 498 g/mol. The van der Waals surface area contributed by atoms with Gasteiger partial charge in [-0.25, -0.2) is 14.5 Å². The molecule has 0 saturated carbocycles. The lowest BCUT2D eigenvalue weighted by Gasteiger charge is -2.43. The molecule has 192 valence electrons. The van der Waals surface area contributed by atoms with Crippen LogP contribution >= 0.6 is 0 Å². The quantitative estimate of drug-likeness (QED) is 0.340. The molecule has 0 atom stereocenters. The highest BCUT2D eigenvalue weighted by Crippen LogP contribution is 2.34. The number of carbonyl (C=O) groups excluding carboxylic acids is 1. The van der Waals surface area contributed by atoms with Crippen LogP contribution in [0.15, 0.2) is 60.7 Å². The van der Waals surface area contributed by atoms with Gasteiger partial charge < -0.3 is 9.64 Å². The van der Waals surface area contributed by atoms with Crippen molar-refractivity contribution in [1.29, 1.82) is 0 Å². The van der Waals surface area contributed by atoms with E-state index in [0.717, 1.165) is 54.1 Å². The van der Waals surface area contributed by atoms with Crippen molar-refractivity contribution < 1.29 is 9.53 Å². The van der Waals surface area contributed by atoms with E-state index < -0.39 is 5.97 Å². The first-order valence-corrected chi connectivity index (χ1v) is 13.0. The summed E-state index contributed by atoms with van der Waals surface area (Å²) in [6.45, 7) is 15.0. The maximum absolute atomic E-state index is 12.8. The zero-order valence-corrected chi connectivity index (χ0v) is 22.4. The van der Waals surface area contributed by atoms with E-state index in [1.165, 1.54) is 5.69 Å². The summed E-state index contributed by atoms with van der Waals surface area (Å²) in [6.07, 6.45) is 0. The fourth-order valence-electron chi connectivity index (χ4n) is 5.06. The first-order valence-electron chi connectivity index (χ1n) is 13.0. The van der Waals surface area contributed by atoms with E-state index in [0.29, 0.717) is 12.3 Å². The number of hydrogen-bond donors (Lipinski definition) is 0. The fraction of sp³-hybridized carbons (Fsp3) is 0.367. The molecule has 0 amide bonds. The Bertz CT molecular complexity index is 1400. The van der Waals surface area contributed by atoms with Gasteiger partial charge in [-0.3, -0.25) is 4.90 Å². The van der Waals surface area contributed by atoms with Crippen LogP contribution in [0.4, 0.5) is 5.69 Å². The van der Waals surface area contributed by atoms with Crippen molar-refractivity contribution in [3.05, 3.63) is 72.1 Å². The monoisotopic (exact) mass is 497 g/mol. The van der Waals surface area contributed by atoms with Crippen molar-refractivity contribution in [3.63, 3.8) is 0 Å². The lowest BCUT2D eigenvalue weighted by Crippen LogP contribution is -2.53. The molecule has 2 aromatic carbocycles. The smallest absolute Gasteiger partial charge is 0.357 e. The van der Waals surface area contributed by atoms with Crippen LogP contribution in [0.3, 0.4) is 0 Å². The lowest BCUT2D eigenvalue weighted by molar-refractivity contribution is 0.0520. The summed E-state index contributed by atoms with van der Waals surface area (Å²) in [4.78, 5) is 22.4. The van der Waals surface area contributed by atoms with Crippen molar-refractivity contribution in [2.45, 2.75) is 40.2 Å². The Balaban J connectivity index is 1.54. The second-order valence-corrected chi connectivity index (χ2v) is 10.5. The molecule has 0 spiro atoms. The minimum atomic E-state index is -0.433. The minimum absolute atomic E-state index is 0.196. The van der Waals surface area contributed by atoms with Crippen LogP contribution in [-0.4, -0.2) is 64.0 Å². The van der Waals surface area contributed by atoms with Crippen LogP contribution in [0.2, 0.25) is 0 Å². The molecule has 5 rings (SSSR count). The van der Waals surface area contributed by atoms with Gasteiger partial charge in [0.1, 0.15) is 0 Å². The largest absolute Gasteiger partial charge is 0.461 e. The molecule has 3 heterocycles. The van der Waals surface area contributed by atoms with Crippen LogP contribution in [0.25, 0.3) is 27.8 Å². The molecule has 1 aliphatic heterocycles. The Morgan fingerprint density at radius 1 is 0.946 bits per heavy atom. The summed E-state index contributed by atoms with van der Waals surface area (Å²) >= 11 is 0. The number of esters is 1. The van der Waals surface area contributed by atoms with E-state index >= 15 is 0 Å². The number of piperazine rings is 1. The zero-order chi connectivity index (χ0) is 26.2. The van der Waals surface area contributed by atoms with Gasteiger partial charge in [-0.2, -0.15) is 5.10 Å². The highest BCUT2D eigenvalue weighted by atomic mass is 16.5. The molecular weight excluding hydrogens is 462 g/mol. The van der Waals surface area contributed by atoms with Crippen LogP contribution in [0, 0.1) is 6.92 Å². The SMILES string of the molecule is CCOC(=O)c1cc(-c2ccc(N3CCN(C(C)(C)C)CC3)cc2)c2c(C)nn(-c3ccccc3)c2n1. The highest BCUT2D eigenvalue weighted by molar-refractivity contribution is 6.00. The number of hydrogen-bond acceptors (Lipinski definition) is 6. The van der Waals surface area contributed by atoms with Gasteiger partial charge in [-0.15, -0.1) is 0 Å². The van der Waals surface area contributed by atoms with E-state index in [2.05, 4.69) is 54.8 Å². The molecule has 0 bridgehead atoms. The van der Waals surface area contributed by atoms with E-state index in [-0.39, 0.29) is 11.2 Å². The molecule has 0 aliphatic carbocycles. The molecule has 1 fully saturated rings. The summed E-state index contributed by atoms with van der Waals surface area (Å²) in [5.41, 5.74) is 6.04. The molecule has 37 heavy (non-hydrogen) atoms. The van der Waals surface area contributed by atoms with Crippen molar-refractivity contribution in [2.75, 3.05) is 37.7 Å². The van der Waals surface area contributed by atoms with Gasteiger partial charge in [0.05, 0.1) is 23.4 Å². The molecule has 0 radical (unpaired) electrons. The molecule has 7 heteroatoms. The molecule has 1 aliphatic rings. The van der Waals surface area contributed by atoms with Gasteiger partial charge in [0, 0.05) is 37.4 Å². The summed E-state index contributed by atoms with van der Waals surface area (Å²) in [5.74, 6) is -0.433. The molecule has 1 saturated heterocycles. The lowest BCUT2D eigenvalue weighted by atomic mass is 10.0. The van der Waals surface area contributed by atoms with Crippen molar-refractivity contribution in [1.82, 2.24) is 19.7 Å². The highest BCUT2D eigenvalue weighted by Gasteiger charge is 2.26. The van der Waals surface area contributed by atoms with Gasteiger partial charge in [-0.1, -0.05) is 30.3 Å². The Morgan fingerprint density at radius 3 is 2.24 bits per heavy atom. The second kappa shape index (κ2) is 9.98. The number of nitrogens with zero attached hydrogens (tertiary/aromatic N) is 5. The van der Waals surface area contributed by atoms with Crippen molar-refractivity contribution in [2.24, 2.45) is 0 Å². The van der Waals surface area contributed by atoms with E-state index in [1.807, 2.05) is 43.3 Å². The maximum Gasteiger partial charge on any atom is 0.357 e. The van der Waals surface area contributed by atoms with E-state index in [4.69, 9.17) is 14.8 Å². The molecule has 4 aromatic rings. The Hall–Kier alpha value is -3.71. The van der Waals surface area contributed by atoms with Gasteiger partial charge in [0.25, 0.3) is 0 Å². The topological polar surface area (TPSA) is 63.5 Å². The first kappa shape index (κ1) is 25.0. The Morgan fingerprint density at radius 2 is 1.62 bits per heavy atom. The van der Waals surface area contributed by atoms with Crippen LogP contribution in [-0.2, 0) is 4.74 Å². The van der Waals surface area contributed by atoms with E-state index in [9.17, 15) is 4.79 Å². The van der Waals surface area contributed by atoms with Gasteiger partial charge in [0.2, 0.25) is 0 Å². The van der Waals surface area contributed by atoms with Crippen LogP contribution in [0.5, 0.6) is 0 Å². The Labute approximate surface area is 218 Å². The van der Waals surface area contributed by atoms with Crippen LogP contribution < -0.4 is 4.90 Å². The summed E-state index contributed by atoms with van der Waals surface area (Å²) in [7, 11) is 0. The minimum Gasteiger partial charge on any atom is -0.461 e. The third kappa shape index (κ3) is 4.96. The predicted octanol–water partition coefficient (Wildman–Crippen LogP) is 5.49. The summed E-state index contributed by atoms with van der Waals surface area (Å²) in [5, 5.41) is 5.73. The molecule has 0 unspecified atom stereocenters. The van der Waals surface area contributed by atoms with E-state index in [1.54, 1.807) is 11.6 Å². The zero-order valence-electron chi connectivity index (χ0n) is 22.4.